The second-order valence-electron chi connectivity index (χ2n) is 4.61. The van der Waals surface area contributed by atoms with Crippen LogP contribution in [0, 0.1) is 6.92 Å². The number of rotatable bonds is 2. The molecule has 1 fully saturated rings. The fourth-order valence-corrected chi connectivity index (χ4v) is 2.94. The molecule has 1 saturated heterocycles. The van der Waals surface area contributed by atoms with Crippen LogP contribution in [0.15, 0.2) is 4.52 Å². The molecular formula is C11H15N5O2S. The van der Waals surface area contributed by atoms with Crippen molar-refractivity contribution in [2.75, 3.05) is 23.7 Å². The lowest BCUT2D eigenvalue weighted by atomic mass is 10.1. The zero-order valence-corrected chi connectivity index (χ0v) is 11.4. The highest BCUT2D eigenvalue weighted by Gasteiger charge is 2.23. The number of nitrogen functional groups attached to an aromatic ring is 1. The Morgan fingerprint density at radius 3 is 3.00 bits per heavy atom. The van der Waals surface area contributed by atoms with Crippen LogP contribution in [-0.4, -0.2) is 39.4 Å². The zero-order valence-electron chi connectivity index (χ0n) is 10.5. The van der Waals surface area contributed by atoms with E-state index in [2.05, 4.69) is 15.1 Å². The van der Waals surface area contributed by atoms with E-state index < -0.39 is 0 Å². The third-order valence-electron chi connectivity index (χ3n) is 3.10. The molecule has 2 aromatic rings. The summed E-state index contributed by atoms with van der Waals surface area (Å²) in [5, 5.41) is 14.1. The van der Waals surface area contributed by atoms with Crippen molar-refractivity contribution in [3.05, 3.63) is 5.69 Å². The molecule has 0 aromatic carbocycles. The lowest BCUT2D eigenvalue weighted by molar-refractivity contribution is 0.153. The highest BCUT2D eigenvalue weighted by Crippen LogP contribution is 2.31. The van der Waals surface area contributed by atoms with Gasteiger partial charge in [-0.05, 0) is 24.9 Å². The number of aliphatic hydroxyl groups excluding tert-OH is 1. The van der Waals surface area contributed by atoms with Gasteiger partial charge in [-0.3, -0.25) is 0 Å². The van der Waals surface area contributed by atoms with Crippen LogP contribution in [0.25, 0.3) is 10.8 Å². The first-order valence-corrected chi connectivity index (χ1v) is 6.95. The molecule has 1 unspecified atom stereocenters. The monoisotopic (exact) mass is 281 g/mol. The highest BCUT2D eigenvalue weighted by atomic mass is 32.1. The van der Waals surface area contributed by atoms with Gasteiger partial charge in [-0.2, -0.15) is 4.98 Å². The number of hydrogen-bond donors (Lipinski definition) is 2. The molecule has 0 spiro atoms. The minimum absolute atomic E-state index is 0.323. The number of β-amino-alcohol motifs (C(OH)–C–C–N with tert-alkyl or cyclic N) is 1. The molecular weight excluding hydrogens is 266 g/mol. The van der Waals surface area contributed by atoms with Gasteiger partial charge in [0.2, 0.25) is 0 Å². The number of anilines is 2. The van der Waals surface area contributed by atoms with Crippen LogP contribution < -0.4 is 10.6 Å². The number of aromatic nitrogens is 3. The predicted octanol–water partition coefficient (Wildman–Crippen LogP) is 1.04. The van der Waals surface area contributed by atoms with Gasteiger partial charge in [0.25, 0.3) is 11.8 Å². The van der Waals surface area contributed by atoms with Crippen molar-refractivity contribution in [3.63, 3.8) is 0 Å². The summed E-state index contributed by atoms with van der Waals surface area (Å²) in [6.07, 6.45) is 1.43. The topological polar surface area (TPSA) is 101 Å². The van der Waals surface area contributed by atoms with Crippen LogP contribution in [0.4, 0.5) is 11.1 Å². The molecule has 8 heteroatoms. The van der Waals surface area contributed by atoms with Crippen molar-refractivity contribution in [1.29, 1.82) is 0 Å². The number of piperidine rings is 1. The van der Waals surface area contributed by atoms with Gasteiger partial charge in [0, 0.05) is 13.1 Å². The molecule has 1 atom stereocenters. The Balaban J connectivity index is 1.85. The maximum Gasteiger partial charge on any atom is 0.271 e. The first-order valence-electron chi connectivity index (χ1n) is 6.13. The molecule has 0 radical (unpaired) electrons. The van der Waals surface area contributed by atoms with Crippen molar-refractivity contribution in [2.24, 2.45) is 0 Å². The van der Waals surface area contributed by atoms with Gasteiger partial charge in [-0.15, -0.1) is 0 Å². The van der Waals surface area contributed by atoms with E-state index in [1.54, 1.807) is 0 Å². The van der Waals surface area contributed by atoms with Crippen LogP contribution in [0.3, 0.4) is 0 Å². The van der Waals surface area contributed by atoms with E-state index in [1.165, 1.54) is 11.3 Å². The number of thiazole rings is 1. The van der Waals surface area contributed by atoms with E-state index in [1.807, 2.05) is 11.8 Å². The Hall–Kier alpha value is -1.67. The molecule has 2 aromatic heterocycles. The molecule has 7 nitrogen and oxygen atoms in total. The summed E-state index contributed by atoms with van der Waals surface area (Å²) < 4.78 is 5.26. The Labute approximate surface area is 114 Å². The van der Waals surface area contributed by atoms with Crippen molar-refractivity contribution >= 4 is 22.4 Å². The summed E-state index contributed by atoms with van der Waals surface area (Å²) in [4.78, 5) is 11.2. The molecule has 3 rings (SSSR count). The Morgan fingerprint density at radius 2 is 2.32 bits per heavy atom. The largest absolute Gasteiger partial charge is 0.391 e. The summed E-state index contributed by atoms with van der Waals surface area (Å²) >= 11 is 1.33. The summed E-state index contributed by atoms with van der Waals surface area (Å²) in [6, 6.07) is 0. The second kappa shape index (κ2) is 4.78. The van der Waals surface area contributed by atoms with Crippen LogP contribution in [-0.2, 0) is 0 Å². The van der Waals surface area contributed by atoms with E-state index in [0.29, 0.717) is 23.5 Å². The molecule has 1 aliphatic rings. The Bertz CT molecular complexity index is 581. The van der Waals surface area contributed by atoms with Gasteiger partial charge in [0.1, 0.15) is 4.88 Å². The molecule has 0 aliphatic carbocycles. The van der Waals surface area contributed by atoms with Gasteiger partial charge >= 0.3 is 0 Å². The predicted molar refractivity (Wildman–Crippen MR) is 72.0 cm³/mol. The van der Waals surface area contributed by atoms with Crippen molar-refractivity contribution in [3.8, 4) is 10.8 Å². The van der Waals surface area contributed by atoms with Gasteiger partial charge in [0.15, 0.2) is 5.13 Å². The summed E-state index contributed by atoms with van der Waals surface area (Å²) in [5.74, 6) is 0.946. The lowest BCUT2D eigenvalue weighted by Gasteiger charge is -2.28. The number of hydrogen-bond acceptors (Lipinski definition) is 8. The third kappa shape index (κ3) is 2.41. The van der Waals surface area contributed by atoms with Gasteiger partial charge < -0.3 is 20.3 Å². The second-order valence-corrected chi connectivity index (χ2v) is 5.64. The standard InChI is InChI=1S/C11H15N5O2S/c1-6-8(19-10(12)13-6)9-14-11(15-18-9)16-4-2-3-7(17)5-16/h7,17H,2-5H2,1H3,(H2,12,13). The quantitative estimate of drug-likeness (QED) is 0.848. The van der Waals surface area contributed by atoms with E-state index in [9.17, 15) is 5.11 Å². The van der Waals surface area contributed by atoms with E-state index in [4.69, 9.17) is 10.3 Å². The van der Waals surface area contributed by atoms with Crippen LogP contribution >= 0.6 is 11.3 Å². The van der Waals surface area contributed by atoms with E-state index >= 15 is 0 Å². The number of aliphatic hydroxyl groups is 1. The molecule has 0 saturated carbocycles. The van der Waals surface area contributed by atoms with Gasteiger partial charge in [-0.25, -0.2) is 4.98 Å². The smallest absolute Gasteiger partial charge is 0.271 e. The van der Waals surface area contributed by atoms with Crippen molar-refractivity contribution < 1.29 is 9.63 Å². The maximum atomic E-state index is 9.66. The molecule has 0 amide bonds. The van der Waals surface area contributed by atoms with E-state index in [-0.39, 0.29) is 6.10 Å². The molecule has 3 heterocycles. The average Bonchev–Trinajstić information content (AvgIpc) is 2.96. The maximum absolute atomic E-state index is 9.66. The zero-order chi connectivity index (χ0) is 13.4. The fraction of sp³-hybridized carbons (Fsp3) is 0.545. The minimum atomic E-state index is -0.323. The molecule has 3 N–H and O–H groups in total. The van der Waals surface area contributed by atoms with Gasteiger partial charge in [0.05, 0.1) is 11.8 Å². The SMILES string of the molecule is Cc1nc(N)sc1-c1nc(N2CCCC(O)C2)no1. The number of nitrogens with zero attached hydrogens (tertiary/aromatic N) is 4. The lowest BCUT2D eigenvalue weighted by Crippen LogP contribution is -2.38. The molecule has 102 valence electrons. The van der Waals surface area contributed by atoms with Crippen molar-refractivity contribution in [1.82, 2.24) is 15.1 Å². The summed E-state index contributed by atoms with van der Waals surface area (Å²) in [7, 11) is 0. The van der Waals surface area contributed by atoms with Gasteiger partial charge in [-0.1, -0.05) is 11.3 Å². The summed E-state index contributed by atoms with van der Waals surface area (Å²) in [5.41, 5.74) is 6.45. The van der Waals surface area contributed by atoms with Crippen LogP contribution in [0.1, 0.15) is 18.5 Å². The summed E-state index contributed by atoms with van der Waals surface area (Å²) in [6.45, 7) is 3.24. The van der Waals surface area contributed by atoms with Crippen molar-refractivity contribution in [2.45, 2.75) is 25.9 Å². The highest BCUT2D eigenvalue weighted by molar-refractivity contribution is 7.18. The van der Waals surface area contributed by atoms with E-state index in [0.717, 1.165) is 30.0 Å². The average molecular weight is 281 g/mol. The first kappa shape index (κ1) is 12.4. The normalized spacial score (nSPS) is 19.9. The minimum Gasteiger partial charge on any atom is -0.391 e. The van der Waals surface area contributed by atoms with Crippen LogP contribution in [0.5, 0.6) is 0 Å². The number of nitrogens with two attached hydrogens (primary N) is 1. The molecule has 0 bridgehead atoms. The Kier molecular flexibility index (Phi) is 3.11. The first-order chi connectivity index (χ1) is 9.13. The molecule has 1 aliphatic heterocycles. The molecule has 19 heavy (non-hydrogen) atoms. The van der Waals surface area contributed by atoms with Crippen LogP contribution in [0.2, 0.25) is 0 Å². The third-order valence-corrected chi connectivity index (χ3v) is 4.08. The Morgan fingerprint density at radius 1 is 1.47 bits per heavy atom. The number of aryl methyl sites for hydroxylation is 1. The fourth-order valence-electron chi connectivity index (χ4n) is 2.19.